The number of hydrogen-bond donors (Lipinski definition) is 1. The molecule has 2 aromatic carbocycles. The Morgan fingerprint density at radius 1 is 1.17 bits per heavy atom. The third-order valence-corrected chi connectivity index (χ3v) is 6.77. The van der Waals surface area contributed by atoms with Crippen LogP contribution in [-0.2, 0) is 21.4 Å². The molecule has 1 N–H and O–H groups in total. The van der Waals surface area contributed by atoms with E-state index >= 15 is 0 Å². The zero-order valence-electron chi connectivity index (χ0n) is 16.2. The smallest absolute Gasteiger partial charge is 0.243 e. The lowest BCUT2D eigenvalue weighted by molar-refractivity contribution is -0.116. The largest absolute Gasteiger partial charge is 0.326 e. The second-order valence-corrected chi connectivity index (χ2v) is 8.74. The first-order chi connectivity index (χ1) is 13.8. The van der Waals surface area contributed by atoms with Gasteiger partial charge < -0.3 is 5.32 Å². The standard InChI is InChI=1S/C19H22ClN5O3S/c1-3-24(4-2)29(27,28)16-8-9-18-17(13-16)22-23-25(18)11-10-19(26)21-15-7-5-6-14(20)12-15/h5-9,12-13H,3-4,10-11H2,1-2H3,(H,21,26). The molecule has 1 amide bonds. The van der Waals surface area contributed by atoms with Crippen molar-refractivity contribution in [3.63, 3.8) is 0 Å². The van der Waals surface area contributed by atoms with Crippen molar-refractivity contribution in [1.82, 2.24) is 19.3 Å². The van der Waals surface area contributed by atoms with Crippen molar-refractivity contribution >= 4 is 44.3 Å². The Balaban J connectivity index is 1.72. The summed E-state index contributed by atoms with van der Waals surface area (Å²) in [5.74, 6) is -0.184. The minimum absolute atomic E-state index is 0.180. The average Bonchev–Trinajstić information content (AvgIpc) is 3.09. The maximum atomic E-state index is 12.7. The van der Waals surface area contributed by atoms with Gasteiger partial charge in [-0.3, -0.25) is 4.79 Å². The average molecular weight is 436 g/mol. The van der Waals surface area contributed by atoms with Gasteiger partial charge in [0.2, 0.25) is 15.9 Å². The Hall–Kier alpha value is -2.49. The maximum Gasteiger partial charge on any atom is 0.243 e. The number of fused-ring (bicyclic) bond motifs is 1. The number of carbonyl (C=O) groups excluding carboxylic acids is 1. The summed E-state index contributed by atoms with van der Waals surface area (Å²) in [5.41, 5.74) is 1.75. The summed E-state index contributed by atoms with van der Waals surface area (Å²) >= 11 is 5.92. The van der Waals surface area contributed by atoms with Crippen LogP contribution in [0.2, 0.25) is 5.02 Å². The molecule has 154 valence electrons. The number of aryl methyl sites for hydroxylation is 1. The predicted molar refractivity (Wildman–Crippen MR) is 112 cm³/mol. The molecule has 1 heterocycles. The van der Waals surface area contributed by atoms with Crippen molar-refractivity contribution in [2.24, 2.45) is 0 Å². The van der Waals surface area contributed by atoms with Crippen LogP contribution in [0.25, 0.3) is 11.0 Å². The van der Waals surface area contributed by atoms with Crippen LogP contribution in [0.4, 0.5) is 5.69 Å². The molecule has 0 spiro atoms. The van der Waals surface area contributed by atoms with Crippen molar-refractivity contribution < 1.29 is 13.2 Å². The van der Waals surface area contributed by atoms with Crippen molar-refractivity contribution in [2.45, 2.75) is 31.7 Å². The van der Waals surface area contributed by atoms with E-state index in [-0.39, 0.29) is 17.2 Å². The molecular formula is C19H22ClN5O3S. The summed E-state index contributed by atoms with van der Waals surface area (Å²) in [6.45, 7) is 4.69. The van der Waals surface area contributed by atoms with Gasteiger partial charge in [-0.2, -0.15) is 4.31 Å². The molecule has 8 nitrogen and oxygen atoms in total. The first-order valence-corrected chi connectivity index (χ1v) is 11.1. The van der Waals surface area contributed by atoms with Gasteiger partial charge in [-0.05, 0) is 36.4 Å². The van der Waals surface area contributed by atoms with Crippen LogP contribution in [0.15, 0.2) is 47.4 Å². The third kappa shape index (κ3) is 4.75. The van der Waals surface area contributed by atoms with Gasteiger partial charge in [-0.25, -0.2) is 13.1 Å². The summed E-state index contributed by atoms with van der Waals surface area (Å²) in [7, 11) is -3.57. The molecule has 3 aromatic rings. The first kappa shape index (κ1) is 21.2. The highest BCUT2D eigenvalue weighted by atomic mass is 35.5. The molecular weight excluding hydrogens is 414 g/mol. The molecule has 0 aliphatic heterocycles. The molecule has 0 atom stereocenters. The fourth-order valence-electron chi connectivity index (χ4n) is 2.99. The van der Waals surface area contributed by atoms with E-state index in [0.717, 1.165) is 0 Å². The van der Waals surface area contributed by atoms with Crippen molar-refractivity contribution in [3.8, 4) is 0 Å². The molecule has 0 fully saturated rings. The van der Waals surface area contributed by atoms with E-state index in [2.05, 4.69) is 15.6 Å². The lowest BCUT2D eigenvalue weighted by Crippen LogP contribution is -2.30. The monoisotopic (exact) mass is 435 g/mol. The minimum Gasteiger partial charge on any atom is -0.326 e. The molecule has 29 heavy (non-hydrogen) atoms. The summed E-state index contributed by atoms with van der Waals surface area (Å²) in [4.78, 5) is 12.4. The Kier molecular flexibility index (Phi) is 6.51. The summed E-state index contributed by atoms with van der Waals surface area (Å²) in [6, 6.07) is 11.6. The van der Waals surface area contributed by atoms with Crippen molar-refractivity contribution in [2.75, 3.05) is 18.4 Å². The van der Waals surface area contributed by atoms with E-state index in [4.69, 9.17) is 11.6 Å². The van der Waals surface area contributed by atoms with E-state index in [1.165, 1.54) is 10.4 Å². The molecule has 0 unspecified atom stereocenters. The lowest BCUT2D eigenvalue weighted by Gasteiger charge is -2.18. The zero-order chi connectivity index (χ0) is 21.0. The van der Waals surface area contributed by atoms with Crippen LogP contribution >= 0.6 is 11.6 Å². The molecule has 1 aromatic heterocycles. The van der Waals surface area contributed by atoms with Gasteiger partial charge in [0, 0.05) is 30.2 Å². The van der Waals surface area contributed by atoms with Gasteiger partial charge in [-0.1, -0.05) is 36.7 Å². The number of halogens is 1. The normalized spacial score (nSPS) is 11.9. The number of carbonyl (C=O) groups is 1. The van der Waals surface area contributed by atoms with E-state index in [9.17, 15) is 13.2 Å². The van der Waals surface area contributed by atoms with Crippen LogP contribution < -0.4 is 5.32 Å². The zero-order valence-corrected chi connectivity index (χ0v) is 17.7. The number of amides is 1. The van der Waals surface area contributed by atoms with Crippen molar-refractivity contribution in [1.29, 1.82) is 0 Å². The van der Waals surface area contributed by atoms with Gasteiger partial charge in [0.05, 0.1) is 17.0 Å². The number of anilines is 1. The second kappa shape index (κ2) is 8.89. The number of rotatable bonds is 8. The Labute approximate surface area is 174 Å². The van der Waals surface area contributed by atoms with E-state index < -0.39 is 10.0 Å². The van der Waals surface area contributed by atoms with Gasteiger partial charge in [-0.15, -0.1) is 5.10 Å². The molecule has 0 bridgehead atoms. The molecule has 0 radical (unpaired) electrons. The van der Waals surface area contributed by atoms with E-state index in [0.29, 0.717) is 41.4 Å². The Morgan fingerprint density at radius 2 is 1.93 bits per heavy atom. The van der Waals surface area contributed by atoms with Gasteiger partial charge in [0.15, 0.2) is 0 Å². The fraction of sp³-hybridized carbons (Fsp3) is 0.316. The summed E-state index contributed by atoms with van der Waals surface area (Å²) in [5, 5.41) is 11.4. The number of benzene rings is 2. The predicted octanol–water partition coefficient (Wildman–Crippen LogP) is 3.14. The van der Waals surface area contributed by atoms with E-state index in [1.807, 2.05) is 0 Å². The number of sulfonamides is 1. The minimum atomic E-state index is -3.57. The number of aromatic nitrogens is 3. The van der Waals surface area contributed by atoms with Crippen LogP contribution in [-0.4, -0.2) is 46.7 Å². The second-order valence-electron chi connectivity index (χ2n) is 6.36. The van der Waals surface area contributed by atoms with Gasteiger partial charge >= 0.3 is 0 Å². The highest BCUT2D eigenvalue weighted by Crippen LogP contribution is 2.21. The van der Waals surface area contributed by atoms with Crippen molar-refractivity contribution in [3.05, 3.63) is 47.5 Å². The third-order valence-electron chi connectivity index (χ3n) is 4.49. The maximum absolute atomic E-state index is 12.7. The van der Waals surface area contributed by atoms with Crippen LogP contribution in [0, 0.1) is 0 Å². The van der Waals surface area contributed by atoms with Gasteiger partial charge in [0.25, 0.3) is 0 Å². The topological polar surface area (TPSA) is 97.2 Å². The number of nitrogens with zero attached hydrogens (tertiary/aromatic N) is 4. The van der Waals surface area contributed by atoms with E-state index in [1.54, 1.807) is 54.9 Å². The Bertz CT molecular complexity index is 1130. The molecule has 0 aliphatic carbocycles. The number of hydrogen-bond acceptors (Lipinski definition) is 5. The lowest BCUT2D eigenvalue weighted by atomic mass is 10.3. The molecule has 10 heteroatoms. The molecule has 0 saturated carbocycles. The summed E-state index contributed by atoms with van der Waals surface area (Å²) in [6.07, 6.45) is 0.185. The highest BCUT2D eigenvalue weighted by molar-refractivity contribution is 7.89. The van der Waals surface area contributed by atoms with Crippen LogP contribution in [0.1, 0.15) is 20.3 Å². The highest BCUT2D eigenvalue weighted by Gasteiger charge is 2.22. The SMILES string of the molecule is CCN(CC)S(=O)(=O)c1ccc2c(c1)nnn2CCC(=O)Nc1cccc(Cl)c1. The molecule has 0 aliphatic rings. The summed E-state index contributed by atoms with van der Waals surface area (Å²) < 4.78 is 28.3. The molecule has 0 saturated heterocycles. The first-order valence-electron chi connectivity index (χ1n) is 9.24. The fourth-order valence-corrected chi connectivity index (χ4v) is 4.66. The van der Waals surface area contributed by atoms with Gasteiger partial charge in [0.1, 0.15) is 5.52 Å². The van der Waals surface area contributed by atoms with Crippen LogP contribution in [0.3, 0.4) is 0 Å². The number of nitrogens with one attached hydrogen (secondary N) is 1. The molecule has 3 rings (SSSR count). The Morgan fingerprint density at radius 3 is 2.62 bits per heavy atom. The van der Waals surface area contributed by atoms with Crippen LogP contribution in [0.5, 0.6) is 0 Å². The quantitative estimate of drug-likeness (QED) is 0.586.